The van der Waals surface area contributed by atoms with E-state index in [-0.39, 0.29) is 0 Å². The van der Waals surface area contributed by atoms with E-state index in [9.17, 15) is 0 Å². The second-order valence-corrected chi connectivity index (χ2v) is 4.74. The van der Waals surface area contributed by atoms with Crippen molar-refractivity contribution < 1.29 is 0 Å². The average Bonchev–Trinajstić information content (AvgIpc) is 2.45. The number of thiocarbonyl (C=S) groups is 1. The van der Waals surface area contributed by atoms with Gasteiger partial charge in [0, 0.05) is 13.0 Å². The van der Waals surface area contributed by atoms with Crippen molar-refractivity contribution in [3.05, 3.63) is 71.8 Å². The molecule has 0 aliphatic heterocycles. The SMILES string of the molecule is S=C(CCc1ccccc1)NCc1ccccc1. The van der Waals surface area contributed by atoms with Gasteiger partial charge >= 0.3 is 0 Å². The minimum atomic E-state index is 0.814. The van der Waals surface area contributed by atoms with Gasteiger partial charge in [-0.15, -0.1) is 0 Å². The second-order valence-electron chi connectivity index (χ2n) is 4.25. The van der Waals surface area contributed by atoms with Gasteiger partial charge in [0.25, 0.3) is 0 Å². The van der Waals surface area contributed by atoms with Gasteiger partial charge in [0.1, 0.15) is 0 Å². The highest BCUT2D eigenvalue weighted by molar-refractivity contribution is 7.80. The first-order valence-electron chi connectivity index (χ1n) is 6.19. The first-order valence-corrected chi connectivity index (χ1v) is 6.60. The molecule has 0 saturated heterocycles. The van der Waals surface area contributed by atoms with E-state index in [0.29, 0.717) is 0 Å². The molecule has 0 heterocycles. The van der Waals surface area contributed by atoms with Gasteiger partial charge in [0.05, 0.1) is 4.99 Å². The van der Waals surface area contributed by atoms with Crippen molar-refractivity contribution in [1.82, 2.24) is 5.32 Å². The summed E-state index contributed by atoms with van der Waals surface area (Å²) in [6.07, 6.45) is 1.91. The predicted octanol–water partition coefficient (Wildman–Crippen LogP) is 3.74. The number of nitrogens with one attached hydrogen (secondary N) is 1. The van der Waals surface area contributed by atoms with E-state index in [2.05, 4.69) is 41.7 Å². The molecule has 0 aliphatic carbocycles. The van der Waals surface area contributed by atoms with Crippen molar-refractivity contribution in [3.8, 4) is 0 Å². The molecule has 2 heteroatoms. The molecule has 1 nitrogen and oxygen atoms in total. The summed E-state index contributed by atoms with van der Waals surface area (Å²) >= 11 is 5.34. The Bertz CT molecular complexity index is 433. The van der Waals surface area contributed by atoms with E-state index < -0.39 is 0 Å². The molecule has 0 aromatic heterocycles. The first-order chi connectivity index (χ1) is 8.84. The van der Waals surface area contributed by atoms with Gasteiger partial charge in [-0.3, -0.25) is 0 Å². The van der Waals surface area contributed by atoms with Gasteiger partial charge in [0.15, 0.2) is 0 Å². The van der Waals surface area contributed by atoms with Crippen molar-refractivity contribution in [2.45, 2.75) is 19.4 Å². The summed E-state index contributed by atoms with van der Waals surface area (Å²) in [7, 11) is 0. The van der Waals surface area contributed by atoms with Crippen LogP contribution >= 0.6 is 12.2 Å². The molecule has 0 atom stereocenters. The van der Waals surface area contributed by atoms with Crippen molar-refractivity contribution in [1.29, 1.82) is 0 Å². The van der Waals surface area contributed by atoms with Crippen molar-refractivity contribution in [2.24, 2.45) is 0 Å². The van der Waals surface area contributed by atoms with Crippen LogP contribution in [0, 0.1) is 0 Å². The Morgan fingerprint density at radius 1 is 0.833 bits per heavy atom. The summed E-state index contributed by atoms with van der Waals surface area (Å²) in [6, 6.07) is 20.8. The molecule has 0 saturated carbocycles. The van der Waals surface area contributed by atoms with Gasteiger partial charge in [-0.1, -0.05) is 72.9 Å². The van der Waals surface area contributed by atoms with Crippen LogP contribution in [-0.4, -0.2) is 4.99 Å². The first kappa shape index (κ1) is 12.8. The zero-order valence-corrected chi connectivity index (χ0v) is 11.1. The van der Waals surface area contributed by atoms with E-state index in [1.807, 2.05) is 24.3 Å². The Morgan fingerprint density at radius 2 is 1.39 bits per heavy atom. The Morgan fingerprint density at radius 3 is 2.00 bits per heavy atom. The molecule has 0 unspecified atom stereocenters. The molecule has 2 aromatic rings. The molecule has 18 heavy (non-hydrogen) atoms. The largest absolute Gasteiger partial charge is 0.376 e. The number of rotatable bonds is 5. The third kappa shape index (κ3) is 4.30. The summed E-state index contributed by atoms with van der Waals surface area (Å²) in [6.45, 7) is 0.814. The monoisotopic (exact) mass is 255 g/mol. The van der Waals surface area contributed by atoms with Crippen molar-refractivity contribution in [3.63, 3.8) is 0 Å². The van der Waals surface area contributed by atoms with E-state index in [0.717, 1.165) is 24.4 Å². The van der Waals surface area contributed by atoms with Crippen LogP contribution < -0.4 is 5.32 Å². The fourth-order valence-electron chi connectivity index (χ4n) is 1.79. The molecule has 2 aromatic carbocycles. The Kier molecular flexibility index (Phi) is 4.91. The molecular formula is C16H17NS. The summed E-state index contributed by atoms with van der Waals surface area (Å²) in [5.74, 6) is 0. The van der Waals surface area contributed by atoms with Crippen LogP contribution in [0.3, 0.4) is 0 Å². The lowest BCUT2D eigenvalue weighted by Crippen LogP contribution is -2.21. The molecule has 1 N–H and O–H groups in total. The third-order valence-electron chi connectivity index (χ3n) is 2.82. The number of aryl methyl sites for hydroxylation is 1. The fourth-order valence-corrected chi connectivity index (χ4v) is 1.96. The van der Waals surface area contributed by atoms with Crippen LogP contribution in [0.4, 0.5) is 0 Å². The smallest absolute Gasteiger partial charge is 0.0759 e. The fraction of sp³-hybridized carbons (Fsp3) is 0.188. The maximum atomic E-state index is 5.34. The number of hydrogen-bond acceptors (Lipinski definition) is 1. The van der Waals surface area contributed by atoms with E-state index in [4.69, 9.17) is 12.2 Å². The molecule has 0 aliphatic rings. The van der Waals surface area contributed by atoms with Crippen molar-refractivity contribution in [2.75, 3.05) is 0 Å². The van der Waals surface area contributed by atoms with Gasteiger partial charge < -0.3 is 5.32 Å². The lowest BCUT2D eigenvalue weighted by Gasteiger charge is -2.08. The van der Waals surface area contributed by atoms with Crippen LogP contribution in [0.2, 0.25) is 0 Å². The van der Waals surface area contributed by atoms with E-state index >= 15 is 0 Å². The van der Waals surface area contributed by atoms with Crippen LogP contribution in [0.1, 0.15) is 17.5 Å². The summed E-state index contributed by atoms with van der Waals surface area (Å²) in [5, 5.41) is 3.30. The normalized spacial score (nSPS) is 10.0. The topological polar surface area (TPSA) is 12.0 Å². The Balaban J connectivity index is 1.73. The molecule has 0 bridgehead atoms. The molecular weight excluding hydrogens is 238 g/mol. The van der Waals surface area contributed by atoms with Gasteiger partial charge in [-0.05, 0) is 17.5 Å². The van der Waals surface area contributed by atoms with E-state index in [1.165, 1.54) is 11.1 Å². The zero-order valence-electron chi connectivity index (χ0n) is 10.3. The molecule has 0 amide bonds. The maximum absolute atomic E-state index is 5.34. The molecule has 2 rings (SSSR count). The average molecular weight is 255 g/mol. The molecule has 0 spiro atoms. The Hall–Kier alpha value is -1.67. The predicted molar refractivity (Wildman–Crippen MR) is 80.6 cm³/mol. The van der Waals surface area contributed by atoms with E-state index in [1.54, 1.807) is 0 Å². The lowest BCUT2D eigenvalue weighted by atomic mass is 10.1. The second kappa shape index (κ2) is 6.92. The van der Waals surface area contributed by atoms with Crippen LogP contribution in [-0.2, 0) is 13.0 Å². The van der Waals surface area contributed by atoms with Crippen LogP contribution in [0.5, 0.6) is 0 Å². The quantitative estimate of drug-likeness (QED) is 0.817. The maximum Gasteiger partial charge on any atom is 0.0759 e. The third-order valence-corrected chi connectivity index (χ3v) is 3.16. The number of benzene rings is 2. The summed E-state index contributed by atoms with van der Waals surface area (Å²) in [5.41, 5.74) is 2.60. The number of hydrogen-bond donors (Lipinski definition) is 1. The van der Waals surface area contributed by atoms with Gasteiger partial charge in [-0.25, -0.2) is 0 Å². The lowest BCUT2D eigenvalue weighted by molar-refractivity contribution is 0.886. The summed E-state index contributed by atoms with van der Waals surface area (Å²) in [4.78, 5) is 0.933. The highest BCUT2D eigenvalue weighted by atomic mass is 32.1. The summed E-state index contributed by atoms with van der Waals surface area (Å²) < 4.78 is 0. The minimum absolute atomic E-state index is 0.814. The van der Waals surface area contributed by atoms with Crippen LogP contribution in [0.15, 0.2) is 60.7 Å². The standard InChI is InChI=1S/C16H17NS/c18-16(12-11-14-7-3-1-4-8-14)17-13-15-9-5-2-6-10-15/h1-10H,11-13H2,(H,17,18). The van der Waals surface area contributed by atoms with Gasteiger partial charge in [-0.2, -0.15) is 0 Å². The molecule has 0 radical (unpaired) electrons. The zero-order chi connectivity index (χ0) is 12.6. The molecule has 0 fully saturated rings. The highest BCUT2D eigenvalue weighted by Gasteiger charge is 1.98. The minimum Gasteiger partial charge on any atom is -0.376 e. The molecule has 92 valence electrons. The Labute approximate surface area is 114 Å². The highest BCUT2D eigenvalue weighted by Crippen LogP contribution is 2.03. The van der Waals surface area contributed by atoms with Crippen LogP contribution in [0.25, 0.3) is 0 Å². The van der Waals surface area contributed by atoms with Gasteiger partial charge in [0.2, 0.25) is 0 Å². The van der Waals surface area contributed by atoms with Crippen molar-refractivity contribution >= 4 is 17.2 Å².